The van der Waals surface area contributed by atoms with Crippen LogP contribution in [-0.2, 0) is 19.1 Å². The first-order chi connectivity index (χ1) is 19.7. The number of carbonyl (C=O) groups is 2. The van der Waals surface area contributed by atoms with E-state index in [-0.39, 0.29) is 11.1 Å². The minimum absolute atomic E-state index is 0.0198. The van der Waals surface area contributed by atoms with Gasteiger partial charge < -0.3 is 19.7 Å². The highest BCUT2D eigenvalue weighted by Gasteiger charge is 2.68. The van der Waals surface area contributed by atoms with E-state index < -0.39 is 64.4 Å². The Hall–Kier alpha value is -2.08. The predicted molar refractivity (Wildman–Crippen MR) is 152 cm³/mol. The van der Waals surface area contributed by atoms with Crippen LogP contribution in [0.5, 0.6) is 0 Å². The van der Waals surface area contributed by atoms with Crippen molar-refractivity contribution in [3.63, 3.8) is 0 Å². The first kappa shape index (κ1) is 38.1. The Kier molecular flexibility index (Phi) is 10.9. The van der Waals surface area contributed by atoms with Crippen LogP contribution in [0.15, 0.2) is 24.3 Å². The molecule has 4 aliphatic rings. The number of esters is 2. The Morgan fingerprint density at radius 2 is 1.11 bits per heavy atom. The topological polar surface area (TPSA) is 93.1 Å². The van der Waals surface area contributed by atoms with Crippen molar-refractivity contribution in [2.24, 2.45) is 35.0 Å². The summed E-state index contributed by atoms with van der Waals surface area (Å²) in [6, 6.07) is 0. The van der Waals surface area contributed by atoms with E-state index in [0.717, 1.165) is 26.2 Å². The van der Waals surface area contributed by atoms with Crippen LogP contribution in [0.25, 0.3) is 0 Å². The summed E-state index contributed by atoms with van der Waals surface area (Å²) in [6.45, 7) is 16.9. The van der Waals surface area contributed by atoms with Gasteiger partial charge in [-0.3, -0.25) is 0 Å². The highest BCUT2D eigenvalue weighted by Crippen LogP contribution is 2.64. The smallest absolute Gasteiger partial charge is 0.420 e. The molecule has 0 aromatic carbocycles. The second kappa shape index (κ2) is 12.6. The fourth-order valence-corrected chi connectivity index (χ4v) is 8.28. The molecule has 6 nitrogen and oxygen atoms in total. The van der Waals surface area contributed by atoms with Gasteiger partial charge in [-0.1, -0.05) is 40.9 Å². The molecule has 0 aliphatic heterocycles. The van der Waals surface area contributed by atoms with Crippen molar-refractivity contribution in [2.75, 3.05) is 0 Å². The number of rotatable bonds is 9. The van der Waals surface area contributed by atoms with Crippen LogP contribution in [0.2, 0.25) is 0 Å². The van der Waals surface area contributed by atoms with Gasteiger partial charge >= 0.3 is 24.3 Å². The molecule has 4 rings (SSSR count). The van der Waals surface area contributed by atoms with Crippen LogP contribution in [-0.4, -0.2) is 57.4 Å². The minimum atomic E-state index is -4.93. The molecule has 4 fully saturated rings. The molecule has 12 heteroatoms. The summed E-state index contributed by atoms with van der Waals surface area (Å²) in [5, 5.41) is 20.5. The molecule has 44 heavy (non-hydrogen) atoms. The van der Waals surface area contributed by atoms with Gasteiger partial charge in [-0.2, -0.15) is 26.3 Å². The zero-order valence-electron chi connectivity index (χ0n) is 26.9. The van der Waals surface area contributed by atoms with E-state index in [1.165, 1.54) is 41.5 Å². The molecule has 0 aromatic heterocycles. The maximum absolute atomic E-state index is 13.6. The molecule has 0 amide bonds. The van der Waals surface area contributed by atoms with E-state index >= 15 is 0 Å². The Morgan fingerprint density at radius 1 is 0.750 bits per heavy atom. The predicted octanol–water partition coefficient (Wildman–Crippen LogP) is 7.47. The monoisotopic (exact) mass is 642 g/mol. The molecule has 3 unspecified atom stereocenters. The highest BCUT2D eigenvalue weighted by atomic mass is 19.4. The molecule has 4 saturated carbocycles. The van der Waals surface area contributed by atoms with E-state index in [1.54, 1.807) is 0 Å². The van der Waals surface area contributed by atoms with Crippen molar-refractivity contribution in [1.82, 2.24) is 0 Å². The molecule has 0 aromatic rings. The zero-order chi connectivity index (χ0) is 34.4. The van der Waals surface area contributed by atoms with Gasteiger partial charge in [0, 0.05) is 16.6 Å². The standard InChI is InChI=1S/C18H25F3O3.C14H23F3O3/c1-10(2)14(22)24-15(16(3,23)18(19,20)21)17-7-11-4-12(8-17)6-13(5-11)9-17;1-8(2)11(18)20-13(9(3)4,10(5)6)12(7,19)14(15,16)17/h11-13,15,23H,1,4-9H2,2-3H3;9-10,19H,1H2,2-7H3. The van der Waals surface area contributed by atoms with Gasteiger partial charge in [0.25, 0.3) is 0 Å². The lowest BCUT2D eigenvalue weighted by atomic mass is 9.47. The largest absolute Gasteiger partial charge is 0.455 e. The van der Waals surface area contributed by atoms with Gasteiger partial charge in [-0.15, -0.1) is 0 Å². The summed E-state index contributed by atoms with van der Waals surface area (Å²) >= 11 is 0. The van der Waals surface area contributed by atoms with Crippen LogP contribution in [0, 0.1) is 35.0 Å². The minimum Gasteiger partial charge on any atom is -0.455 e. The lowest BCUT2D eigenvalue weighted by Gasteiger charge is -2.60. The second-order valence-corrected chi connectivity index (χ2v) is 14.3. The molecule has 0 heterocycles. The Bertz CT molecular complexity index is 1060. The van der Waals surface area contributed by atoms with Gasteiger partial charge in [-0.25, -0.2) is 9.59 Å². The average molecular weight is 643 g/mol. The molecule has 3 atom stereocenters. The van der Waals surface area contributed by atoms with Gasteiger partial charge in [0.2, 0.25) is 0 Å². The van der Waals surface area contributed by atoms with Gasteiger partial charge in [0.15, 0.2) is 16.8 Å². The molecule has 2 N–H and O–H groups in total. The van der Waals surface area contributed by atoms with Crippen LogP contribution < -0.4 is 0 Å². The maximum atomic E-state index is 13.6. The number of ether oxygens (including phenoxy) is 2. The normalized spacial score (nSPS) is 28.4. The first-order valence-electron chi connectivity index (χ1n) is 15.0. The molecule has 0 saturated heterocycles. The molecule has 254 valence electrons. The van der Waals surface area contributed by atoms with Crippen LogP contribution in [0.4, 0.5) is 26.3 Å². The molecular weight excluding hydrogens is 594 g/mol. The molecule has 0 spiro atoms. The highest BCUT2D eigenvalue weighted by molar-refractivity contribution is 5.87. The van der Waals surface area contributed by atoms with Crippen LogP contribution in [0.1, 0.15) is 93.9 Å². The summed E-state index contributed by atoms with van der Waals surface area (Å²) in [7, 11) is 0. The summed E-state index contributed by atoms with van der Waals surface area (Å²) in [5.41, 5.74) is -9.09. The fraction of sp³-hybridized carbons (Fsp3) is 0.812. The number of halogens is 6. The molecule has 4 aliphatic carbocycles. The third-order valence-corrected chi connectivity index (χ3v) is 9.94. The van der Waals surface area contributed by atoms with E-state index in [4.69, 9.17) is 9.47 Å². The summed E-state index contributed by atoms with van der Waals surface area (Å²) < 4.78 is 90.8. The van der Waals surface area contributed by atoms with Crippen LogP contribution in [0.3, 0.4) is 0 Å². The fourth-order valence-electron chi connectivity index (χ4n) is 8.28. The summed E-state index contributed by atoms with van der Waals surface area (Å²) in [6.07, 6.45) is -6.44. The summed E-state index contributed by atoms with van der Waals surface area (Å²) in [5.74, 6) is -2.16. The van der Waals surface area contributed by atoms with Crippen molar-refractivity contribution >= 4 is 11.9 Å². The molecule has 0 radical (unpaired) electrons. The zero-order valence-corrected chi connectivity index (χ0v) is 26.9. The summed E-state index contributed by atoms with van der Waals surface area (Å²) in [4.78, 5) is 23.8. The van der Waals surface area contributed by atoms with Crippen molar-refractivity contribution < 1.29 is 55.6 Å². The first-order valence-corrected chi connectivity index (χ1v) is 15.0. The maximum Gasteiger partial charge on any atom is 0.420 e. The molecular formula is C32H48F6O6. The van der Waals surface area contributed by atoms with E-state index in [9.17, 15) is 46.1 Å². The van der Waals surface area contributed by atoms with Gasteiger partial charge in [-0.05, 0) is 95.8 Å². The average Bonchev–Trinajstić information content (AvgIpc) is 2.82. The van der Waals surface area contributed by atoms with Crippen molar-refractivity contribution in [1.29, 1.82) is 0 Å². The lowest BCUT2D eigenvalue weighted by molar-refractivity contribution is -0.331. The Labute approximate surface area is 256 Å². The van der Waals surface area contributed by atoms with Crippen molar-refractivity contribution in [3.05, 3.63) is 24.3 Å². The molecule has 4 bridgehead atoms. The quantitative estimate of drug-likeness (QED) is 0.154. The number of aliphatic hydroxyl groups is 2. The lowest BCUT2D eigenvalue weighted by Crippen LogP contribution is -2.68. The van der Waals surface area contributed by atoms with Gasteiger partial charge in [0.05, 0.1) is 0 Å². The Balaban J connectivity index is 0.000000314. The second-order valence-electron chi connectivity index (χ2n) is 14.3. The van der Waals surface area contributed by atoms with Gasteiger partial charge in [0.1, 0.15) is 6.10 Å². The number of alkyl halides is 6. The Morgan fingerprint density at radius 3 is 1.39 bits per heavy atom. The number of carbonyl (C=O) groups excluding carboxylic acids is 2. The van der Waals surface area contributed by atoms with Crippen molar-refractivity contribution in [3.8, 4) is 0 Å². The van der Waals surface area contributed by atoms with Crippen molar-refractivity contribution in [2.45, 2.75) is 129 Å². The number of hydrogen-bond acceptors (Lipinski definition) is 6. The van der Waals surface area contributed by atoms with Crippen LogP contribution >= 0.6 is 0 Å². The SMILES string of the molecule is C=C(C)C(=O)OC(C(C)C)(C(C)C)C(C)(O)C(F)(F)F.C=C(C)C(=O)OC(C12CC3CC(CC(C3)C1)C2)C(C)(O)C(F)(F)F. The third-order valence-electron chi connectivity index (χ3n) is 9.94. The van der Waals surface area contributed by atoms with E-state index in [1.807, 2.05) is 0 Å². The third kappa shape index (κ3) is 7.00. The van der Waals surface area contributed by atoms with E-state index in [0.29, 0.717) is 43.9 Å². The van der Waals surface area contributed by atoms with E-state index in [2.05, 4.69) is 13.2 Å². The number of hydrogen-bond donors (Lipinski definition) is 2.